The maximum Gasteiger partial charge on any atom is 0.274 e. The zero-order valence-electron chi connectivity index (χ0n) is 12.9. The number of carbonyl (C=O) groups excluding carboxylic acids is 1. The summed E-state index contributed by atoms with van der Waals surface area (Å²) in [5.74, 6) is 0.356. The van der Waals surface area contributed by atoms with Crippen molar-refractivity contribution >= 4 is 41.1 Å². The van der Waals surface area contributed by atoms with Gasteiger partial charge in [-0.05, 0) is 12.2 Å². The molecule has 0 bridgehead atoms. The van der Waals surface area contributed by atoms with Gasteiger partial charge in [-0.25, -0.2) is 4.99 Å². The fraction of sp³-hybridized carbons (Fsp3) is 0.357. The maximum absolute atomic E-state index is 12.1. The summed E-state index contributed by atoms with van der Waals surface area (Å²) in [6, 6.07) is 0. The van der Waals surface area contributed by atoms with Gasteiger partial charge in [0, 0.05) is 22.6 Å². The molecule has 0 saturated carbocycles. The van der Waals surface area contributed by atoms with Crippen LogP contribution >= 0.6 is 23.4 Å². The van der Waals surface area contributed by atoms with Gasteiger partial charge in [0.05, 0.1) is 11.9 Å². The lowest BCUT2D eigenvalue weighted by molar-refractivity contribution is -0.116. The summed E-state index contributed by atoms with van der Waals surface area (Å²) in [4.78, 5) is 20.0. The van der Waals surface area contributed by atoms with Crippen LogP contribution in [0.5, 0.6) is 0 Å². The number of nitrogens with one attached hydrogen (secondary N) is 1. The largest absolute Gasteiger partial charge is 0.389 e. The molecular weight excluding hydrogens is 338 g/mol. The summed E-state index contributed by atoms with van der Waals surface area (Å²) < 4.78 is 0. The summed E-state index contributed by atoms with van der Waals surface area (Å²) in [6.07, 6.45) is 2.66. The smallest absolute Gasteiger partial charge is 0.274 e. The number of aliphatic imine (C=N–C) groups is 2. The number of halogens is 1. The monoisotopic (exact) mass is 357 g/mol. The Kier molecular flexibility index (Phi) is 7.87. The molecule has 0 aromatic rings. The number of thioether (sulfide) groups is 1. The van der Waals surface area contributed by atoms with E-state index in [0.717, 1.165) is 0 Å². The fourth-order valence-electron chi connectivity index (χ4n) is 1.74. The van der Waals surface area contributed by atoms with Crippen LogP contribution in [-0.2, 0) is 4.79 Å². The average molecular weight is 358 g/mol. The highest BCUT2D eigenvalue weighted by Crippen LogP contribution is 2.20. The van der Waals surface area contributed by atoms with Gasteiger partial charge in [-0.3, -0.25) is 4.79 Å². The van der Waals surface area contributed by atoms with E-state index in [-0.39, 0.29) is 18.1 Å². The molecule has 1 heterocycles. The number of carbonyl (C=O) groups is 1. The number of nitrogens with two attached hydrogens (primary N) is 2. The molecule has 23 heavy (non-hydrogen) atoms. The highest BCUT2D eigenvalue weighted by molar-refractivity contribution is 8.02. The van der Waals surface area contributed by atoms with Crippen molar-refractivity contribution in [2.45, 2.75) is 26.4 Å². The van der Waals surface area contributed by atoms with Crippen LogP contribution in [-0.4, -0.2) is 34.7 Å². The molecule has 9 heteroatoms. The minimum Gasteiger partial charge on any atom is -0.389 e. The zero-order chi connectivity index (χ0) is 17.4. The third kappa shape index (κ3) is 6.47. The van der Waals surface area contributed by atoms with Gasteiger partial charge in [0.25, 0.3) is 5.91 Å². The average Bonchev–Trinajstić information content (AvgIpc) is 2.47. The SMILES string of the molecule is CC.NC(N)=NC1=NC(C(=O)NC2=CC(Cl)=CC(O)C2)=CSC1. The molecule has 0 radical (unpaired) electrons. The van der Waals surface area contributed by atoms with Gasteiger partial charge < -0.3 is 21.9 Å². The Bertz CT molecular complexity index is 606. The van der Waals surface area contributed by atoms with Gasteiger partial charge >= 0.3 is 0 Å². The highest BCUT2D eigenvalue weighted by atomic mass is 35.5. The Morgan fingerprint density at radius 3 is 2.83 bits per heavy atom. The van der Waals surface area contributed by atoms with Gasteiger partial charge in [-0.2, -0.15) is 4.99 Å². The number of guanidine groups is 1. The van der Waals surface area contributed by atoms with Crippen molar-refractivity contribution in [3.63, 3.8) is 0 Å². The van der Waals surface area contributed by atoms with Crippen LogP contribution < -0.4 is 16.8 Å². The molecule has 0 aromatic carbocycles. The van der Waals surface area contributed by atoms with Crippen LogP contribution in [0.25, 0.3) is 0 Å². The number of allylic oxidation sites excluding steroid dienone is 2. The Labute approximate surface area is 144 Å². The lowest BCUT2D eigenvalue weighted by Gasteiger charge is -2.17. The third-order valence-corrected chi connectivity index (χ3v) is 3.56. The zero-order valence-corrected chi connectivity index (χ0v) is 14.5. The fourth-order valence-corrected chi connectivity index (χ4v) is 2.70. The van der Waals surface area contributed by atoms with Crippen molar-refractivity contribution in [1.29, 1.82) is 0 Å². The lowest BCUT2D eigenvalue weighted by atomic mass is 10.1. The second-order valence-electron chi connectivity index (χ2n) is 4.33. The summed E-state index contributed by atoms with van der Waals surface area (Å²) in [6.45, 7) is 4.00. The number of nitrogens with zero attached hydrogens (tertiary/aromatic N) is 2. The van der Waals surface area contributed by atoms with Crippen molar-refractivity contribution in [3.05, 3.63) is 34.0 Å². The predicted octanol–water partition coefficient (Wildman–Crippen LogP) is 1.16. The van der Waals surface area contributed by atoms with Gasteiger partial charge in [0.1, 0.15) is 11.5 Å². The van der Waals surface area contributed by atoms with E-state index in [4.69, 9.17) is 23.1 Å². The maximum atomic E-state index is 12.1. The van der Waals surface area contributed by atoms with E-state index in [1.165, 1.54) is 17.8 Å². The summed E-state index contributed by atoms with van der Waals surface area (Å²) >= 11 is 7.20. The molecule has 0 spiro atoms. The first-order chi connectivity index (χ1) is 10.9. The Balaban J connectivity index is 0.00000127. The number of aliphatic hydroxyl groups is 1. The van der Waals surface area contributed by atoms with Crippen LogP contribution in [0.15, 0.2) is 44.0 Å². The van der Waals surface area contributed by atoms with Crippen molar-refractivity contribution in [2.75, 3.05) is 5.75 Å². The van der Waals surface area contributed by atoms with Crippen molar-refractivity contribution in [3.8, 4) is 0 Å². The highest BCUT2D eigenvalue weighted by Gasteiger charge is 2.18. The first-order valence-electron chi connectivity index (χ1n) is 7.00. The molecular formula is C14H20ClN5O2S. The second kappa shape index (κ2) is 9.39. The van der Waals surface area contributed by atoms with E-state index < -0.39 is 12.0 Å². The Hall–Kier alpha value is -1.77. The summed E-state index contributed by atoms with van der Waals surface area (Å²) in [7, 11) is 0. The molecule has 6 N–H and O–H groups in total. The minimum atomic E-state index is -0.715. The van der Waals surface area contributed by atoms with E-state index in [1.54, 1.807) is 11.5 Å². The lowest BCUT2D eigenvalue weighted by Crippen LogP contribution is -2.29. The summed E-state index contributed by atoms with van der Waals surface area (Å²) in [5, 5.41) is 14.2. The molecule has 1 aliphatic carbocycles. The molecule has 0 aromatic heterocycles. The number of rotatable bonds is 2. The van der Waals surface area contributed by atoms with Crippen LogP contribution in [0, 0.1) is 0 Å². The normalized spacial score (nSPS) is 19.9. The first kappa shape index (κ1) is 19.3. The minimum absolute atomic E-state index is 0.106. The van der Waals surface area contributed by atoms with E-state index >= 15 is 0 Å². The first-order valence-corrected chi connectivity index (χ1v) is 8.43. The van der Waals surface area contributed by atoms with Crippen LogP contribution in [0.2, 0.25) is 0 Å². The Morgan fingerprint density at radius 2 is 2.22 bits per heavy atom. The number of hydrogen-bond acceptors (Lipinski definition) is 5. The standard InChI is InChI=1S/C12H14ClN5O2S.C2H6/c13-6-1-7(3-8(19)2-6)16-11(20)9-4-21-5-10(17-9)18-12(14)15;1-2/h1-2,4,8,19H,3,5H2,(H,16,20)(H4,14,15,17,18);1-2H3. The quantitative estimate of drug-likeness (QED) is 0.435. The van der Waals surface area contributed by atoms with E-state index in [9.17, 15) is 9.90 Å². The molecule has 1 atom stereocenters. The number of hydrogen-bond donors (Lipinski definition) is 4. The molecule has 7 nitrogen and oxygen atoms in total. The van der Waals surface area contributed by atoms with Crippen molar-refractivity contribution < 1.29 is 9.90 Å². The van der Waals surface area contributed by atoms with E-state index in [1.807, 2.05) is 13.8 Å². The molecule has 2 rings (SSSR count). The van der Waals surface area contributed by atoms with Gasteiger partial charge in [-0.1, -0.05) is 25.4 Å². The van der Waals surface area contributed by atoms with Crippen LogP contribution in [0.4, 0.5) is 0 Å². The Morgan fingerprint density at radius 1 is 1.52 bits per heavy atom. The predicted molar refractivity (Wildman–Crippen MR) is 95.9 cm³/mol. The number of aliphatic hydroxyl groups excluding tert-OH is 1. The van der Waals surface area contributed by atoms with Crippen LogP contribution in [0.1, 0.15) is 20.3 Å². The van der Waals surface area contributed by atoms with E-state index in [2.05, 4.69) is 15.3 Å². The summed E-state index contributed by atoms with van der Waals surface area (Å²) in [5.41, 5.74) is 11.3. The number of amides is 1. The van der Waals surface area contributed by atoms with Crippen molar-refractivity contribution in [2.24, 2.45) is 21.5 Å². The molecule has 0 fully saturated rings. The molecule has 1 unspecified atom stereocenters. The van der Waals surface area contributed by atoms with E-state index in [0.29, 0.717) is 22.3 Å². The van der Waals surface area contributed by atoms with Gasteiger partial charge in [-0.15, -0.1) is 11.8 Å². The van der Waals surface area contributed by atoms with Crippen molar-refractivity contribution in [1.82, 2.24) is 5.32 Å². The third-order valence-electron chi connectivity index (χ3n) is 2.51. The van der Waals surface area contributed by atoms with Crippen LogP contribution in [0.3, 0.4) is 0 Å². The molecule has 2 aliphatic rings. The molecule has 1 aliphatic heterocycles. The number of amidine groups is 1. The van der Waals surface area contributed by atoms with Gasteiger partial charge in [0.15, 0.2) is 5.96 Å². The topological polar surface area (TPSA) is 126 Å². The van der Waals surface area contributed by atoms with Gasteiger partial charge in [0.2, 0.25) is 0 Å². The molecule has 1 amide bonds. The molecule has 126 valence electrons. The second-order valence-corrected chi connectivity index (χ2v) is 5.62. The molecule has 0 saturated heterocycles.